The standard InChI is InChI=1S/C15H26O4/c1-11(2)9-18-13(16)15(7-5-6-8-15)14(17)19-10-12(3)4/h11-12H,5-10H2,1-4H3. The summed E-state index contributed by atoms with van der Waals surface area (Å²) in [5.41, 5.74) is -1.04. The third-order valence-corrected chi connectivity index (χ3v) is 3.33. The second kappa shape index (κ2) is 6.92. The second-order valence-corrected chi connectivity index (χ2v) is 6.27. The third kappa shape index (κ3) is 4.22. The molecule has 4 nitrogen and oxygen atoms in total. The normalized spacial score (nSPS) is 17.8. The van der Waals surface area contributed by atoms with Crippen molar-refractivity contribution in [2.24, 2.45) is 17.3 Å². The number of hydrogen-bond donors (Lipinski definition) is 0. The monoisotopic (exact) mass is 270 g/mol. The van der Waals surface area contributed by atoms with Crippen molar-refractivity contribution < 1.29 is 19.1 Å². The minimum absolute atomic E-state index is 0.272. The van der Waals surface area contributed by atoms with E-state index < -0.39 is 17.4 Å². The lowest BCUT2D eigenvalue weighted by Gasteiger charge is -2.25. The van der Waals surface area contributed by atoms with Crippen LogP contribution in [0.25, 0.3) is 0 Å². The Labute approximate surface area is 115 Å². The van der Waals surface area contributed by atoms with Crippen LogP contribution in [0.3, 0.4) is 0 Å². The summed E-state index contributed by atoms with van der Waals surface area (Å²) in [6.45, 7) is 8.63. The van der Waals surface area contributed by atoms with E-state index in [2.05, 4.69) is 0 Å². The molecule has 1 rings (SSSR count). The predicted molar refractivity (Wildman–Crippen MR) is 72.5 cm³/mol. The quantitative estimate of drug-likeness (QED) is 0.550. The number of rotatable bonds is 6. The highest BCUT2D eigenvalue weighted by molar-refractivity contribution is 6.00. The molecule has 0 amide bonds. The zero-order valence-electron chi connectivity index (χ0n) is 12.5. The summed E-state index contributed by atoms with van der Waals surface area (Å²) in [7, 11) is 0. The number of esters is 2. The van der Waals surface area contributed by atoms with Crippen molar-refractivity contribution >= 4 is 11.9 Å². The van der Waals surface area contributed by atoms with Gasteiger partial charge in [0.25, 0.3) is 0 Å². The zero-order valence-corrected chi connectivity index (χ0v) is 12.5. The molecule has 19 heavy (non-hydrogen) atoms. The lowest BCUT2D eigenvalue weighted by atomic mass is 9.86. The van der Waals surface area contributed by atoms with Gasteiger partial charge in [-0.05, 0) is 24.7 Å². The Morgan fingerprint density at radius 2 is 1.26 bits per heavy atom. The molecule has 0 aliphatic heterocycles. The fourth-order valence-corrected chi connectivity index (χ4v) is 2.23. The maximum absolute atomic E-state index is 12.2. The SMILES string of the molecule is CC(C)COC(=O)C1(C(=O)OCC(C)C)CCCC1. The van der Waals surface area contributed by atoms with Crippen LogP contribution in [0.5, 0.6) is 0 Å². The van der Waals surface area contributed by atoms with Crippen molar-refractivity contribution in [3.8, 4) is 0 Å². The highest BCUT2D eigenvalue weighted by atomic mass is 16.6. The Kier molecular flexibility index (Phi) is 5.83. The topological polar surface area (TPSA) is 52.6 Å². The smallest absolute Gasteiger partial charge is 0.323 e. The van der Waals surface area contributed by atoms with Gasteiger partial charge in [0.05, 0.1) is 13.2 Å². The Balaban J connectivity index is 2.67. The Morgan fingerprint density at radius 3 is 1.58 bits per heavy atom. The van der Waals surface area contributed by atoms with Gasteiger partial charge in [-0.15, -0.1) is 0 Å². The van der Waals surface area contributed by atoms with Gasteiger partial charge in [0.15, 0.2) is 5.41 Å². The fraction of sp³-hybridized carbons (Fsp3) is 0.867. The van der Waals surface area contributed by atoms with Crippen molar-refractivity contribution in [3.63, 3.8) is 0 Å². The highest BCUT2D eigenvalue weighted by Crippen LogP contribution is 2.40. The largest absolute Gasteiger partial charge is 0.465 e. The van der Waals surface area contributed by atoms with Crippen LogP contribution >= 0.6 is 0 Å². The summed E-state index contributed by atoms with van der Waals surface area (Å²) in [6, 6.07) is 0. The summed E-state index contributed by atoms with van der Waals surface area (Å²) in [5.74, 6) is -0.247. The minimum atomic E-state index is -1.04. The summed E-state index contributed by atoms with van der Waals surface area (Å²) in [5, 5.41) is 0. The van der Waals surface area contributed by atoms with Crippen molar-refractivity contribution in [1.82, 2.24) is 0 Å². The maximum Gasteiger partial charge on any atom is 0.323 e. The van der Waals surface area contributed by atoms with Gasteiger partial charge >= 0.3 is 11.9 Å². The molecule has 0 saturated heterocycles. The summed E-state index contributed by atoms with van der Waals surface area (Å²) in [4.78, 5) is 24.5. The lowest BCUT2D eigenvalue weighted by Crippen LogP contribution is -2.40. The van der Waals surface area contributed by atoms with E-state index in [0.29, 0.717) is 26.1 Å². The van der Waals surface area contributed by atoms with Crippen molar-refractivity contribution in [1.29, 1.82) is 0 Å². The van der Waals surface area contributed by atoms with Gasteiger partial charge in [-0.2, -0.15) is 0 Å². The van der Waals surface area contributed by atoms with E-state index in [0.717, 1.165) is 12.8 Å². The molecule has 0 heterocycles. The van der Waals surface area contributed by atoms with Crippen molar-refractivity contribution in [3.05, 3.63) is 0 Å². The van der Waals surface area contributed by atoms with Crippen LogP contribution in [0.15, 0.2) is 0 Å². The molecule has 0 aromatic rings. The van der Waals surface area contributed by atoms with Gasteiger partial charge in [0.1, 0.15) is 0 Å². The Morgan fingerprint density at radius 1 is 0.895 bits per heavy atom. The van der Waals surface area contributed by atoms with E-state index in [1.54, 1.807) is 0 Å². The van der Waals surface area contributed by atoms with Crippen molar-refractivity contribution in [2.75, 3.05) is 13.2 Å². The molecule has 4 heteroatoms. The first-order valence-electron chi connectivity index (χ1n) is 7.23. The van der Waals surface area contributed by atoms with E-state index in [1.165, 1.54) is 0 Å². The highest BCUT2D eigenvalue weighted by Gasteiger charge is 2.50. The molecular formula is C15H26O4. The molecule has 1 fully saturated rings. The number of carbonyl (C=O) groups is 2. The van der Waals surface area contributed by atoms with E-state index in [9.17, 15) is 9.59 Å². The molecule has 110 valence electrons. The number of hydrogen-bond acceptors (Lipinski definition) is 4. The molecule has 0 atom stereocenters. The molecule has 0 bridgehead atoms. The van der Waals surface area contributed by atoms with Crippen LogP contribution in [-0.4, -0.2) is 25.2 Å². The summed E-state index contributed by atoms with van der Waals surface area (Å²) in [6.07, 6.45) is 2.88. The van der Waals surface area contributed by atoms with Crippen LogP contribution < -0.4 is 0 Å². The fourth-order valence-electron chi connectivity index (χ4n) is 2.23. The van der Waals surface area contributed by atoms with Gasteiger partial charge in [0, 0.05) is 0 Å². The van der Waals surface area contributed by atoms with Crippen LogP contribution in [0, 0.1) is 17.3 Å². The molecule has 1 aliphatic rings. The molecule has 1 saturated carbocycles. The number of ether oxygens (including phenoxy) is 2. The van der Waals surface area contributed by atoms with E-state index >= 15 is 0 Å². The van der Waals surface area contributed by atoms with Crippen LogP contribution in [0.1, 0.15) is 53.4 Å². The average molecular weight is 270 g/mol. The van der Waals surface area contributed by atoms with Gasteiger partial charge in [-0.1, -0.05) is 40.5 Å². The molecule has 1 aliphatic carbocycles. The first-order valence-corrected chi connectivity index (χ1v) is 7.23. The first-order chi connectivity index (χ1) is 8.88. The van der Waals surface area contributed by atoms with Gasteiger partial charge in [-0.3, -0.25) is 9.59 Å². The molecular weight excluding hydrogens is 244 g/mol. The summed E-state index contributed by atoms with van der Waals surface area (Å²) < 4.78 is 10.6. The van der Waals surface area contributed by atoms with E-state index in [-0.39, 0.29) is 11.8 Å². The van der Waals surface area contributed by atoms with E-state index in [1.807, 2.05) is 27.7 Å². The third-order valence-electron chi connectivity index (χ3n) is 3.33. The van der Waals surface area contributed by atoms with Crippen LogP contribution in [0.4, 0.5) is 0 Å². The van der Waals surface area contributed by atoms with Crippen LogP contribution in [0.2, 0.25) is 0 Å². The van der Waals surface area contributed by atoms with Crippen molar-refractivity contribution in [2.45, 2.75) is 53.4 Å². The van der Waals surface area contributed by atoms with Crippen LogP contribution in [-0.2, 0) is 19.1 Å². The molecule has 0 spiro atoms. The first kappa shape index (κ1) is 16.0. The second-order valence-electron chi connectivity index (χ2n) is 6.27. The minimum Gasteiger partial charge on any atom is -0.465 e. The molecule has 0 aromatic heterocycles. The molecule has 0 N–H and O–H groups in total. The summed E-state index contributed by atoms with van der Waals surface area (Å²) >= 11 is 0. The molecule has 0 aromatic carbocycles. The number of carbonyl (C=O) groups excluding carboxylic acids is 2. The van der Waals surface area contributed by atoms with Gasteiger partial charge in [0.2, 0.25) is 0 Å². The zero-order chi connectivity index (χ0) is 14.5. The molecule has 0 unspecified atom stereocenters. The Hall–Kier alpha value is -1.06. The van der Waals surface area contributed by atoms with Gasteiger partial charge < -0.3 is 9.47 Å². The maximum atomic E-state index is 12.2. The van der Waals surface area contributed by atoms with E-state index in [4.69, 9.17) is 9.47 Å². The lowest BCUT2D eigenvalue weighted by molar-refractivity contribution is -0.173. The van der Waals surface area contributed by atoms with Gasteiger partial charge in [-0.25, -0.2) is 0 Å². The molecule has 0 radical (unpaired) electrons. The predicted octanol–water partition coefficient (Wildman–Crippen LogP) is 2.95. The average Bonchev–Trinajstić information content (AvgIpc) is 2.83. The Bertz CT molecular complexity index is 288.